The first-order chi connectivity index (χ1) is 11.2. The smallest absolute Gasteiger partial charge is 0.274 e. The maximum atomic E-state index is 12.9. The van der Waals surface area contributed by atoms with Gasteiger partial charge in [-0.25, -0.2) is 4.98 Å². The molecule has 0 N–H and O–H groups in total. The van der Waals surface area contributed by atoms with Gasteiger partial charge in [-0.3, -0.25) is 9.78 Å². The average molecular weight is 306 g/mol. The second-order valence-electron chi connectivity index (χ2n) is 6.04. The summed E-state index contributed by atoms with van der Waals surface area (Å²) in [6.45, 7) is 2.80. The van der Waals surface area contributed by atoms with E-state index in [0.717, 1.165) is 36.2 Å². The third-order valence-electron chi connectivity index (χ3n) is 4.40. The first-order valence-corrected chi connectivity index (χ1v) is 7.88. The van der Waals surface area contributed by atoms with Gasteiger partial charge >= 0.3 is 0 Å². The number of imidazole rings is 1. The van der Waals surface area contributed by atoms with Crippen LogP contribution in [0.25, 0.3) is 5.65 Å². The highest BCUT2D eigenvalue weighted by molar-refractivity contribution is 5.93. The van der Waals surface area contributed by atoms with E-state index in [1.807, 2.05) is 59.1 Å². The van der Waals surface area contributed by atoms with Crippen LogP contribution >= 0.6 is 0 Å². The number of fused-ring (bicyclic) bond motifs is 1. The van der Waals surface area contributed by atoms with Crippen molar-refractivity contribution in [3.05, 3.63) is 65.9 Å². The summed E-state index contributed by atoms with van der Waals surface area (Å²) in [7, 11) is 0. The number of hydrogen-bond donors (Lipinski definition) is 0. The van der Waals surface area contributed by atoms with Gasteiger partial charge in [0.05, 0.1) is 6.04 Å². The van der Waals surface area contributed by atoms with E-state index in [1.165, 1.54) is 0 Å². The molecule has 3 aromatic heterocycles. The van der Waals surface area contributed by atoms with Crippen molar-refractivity contribution >= 4 is 11.6 Å². The van der Waals surface area contributed by atoms with Crippen LogP contribution in [-0.4, -0.2) is 31.7 Å². The monoisotopic (exact) mass is 306 g/mol. The van der Waals surface area contributed by atoms with Crippen LogP contribution in [-0.2, 0) is 0 Å². The Morgan fingerprint density at radius 1 is 1.26 bits per heavy atom. The van der Waals surface area contributed by atoms with Gasteiger partial charge in [-0.15, -0.1) is 0 Å². The molecule has 0 radical (unpaired) electrons. The maximum Gasteiger partial charge on any atom is 0.274 e. The van der Waals surface area contributed by atoms with Crippen LogP contribution in [0.4, 0.5) is 0 Å². The lowest BCUT2D eigenvalue weighted by atomic mass is 10.1. The Bertz CT molecular complexity index is 856. The van der Waals surface area contributed by atoms with Crippen LogP contribution < -0.4 is 0 Å². The molecule has 0 spiro atoms. The molecule has 1 amide bonds. The molecule has 4 rings (SSSR count). The Morgan fingerprint density at radius 3 is 3.00 bits per heavy atom. The van der Waals surface area contributed by atoms with E-state index >= 15 is 0 Å². The van der Waals surface area contributed by atoms with Gasteiger partial charge in [0.15, 0.2) is 0 Å². The third-order valence-corrected chi connectivity index (χ3v) is 4.40. The fourth-order valence-corrected chi connectivity index (χ4v) is 3.28. The van der Waals surface area contributed by atoms with Gasteiger partial charge < -0.3 is 9.30 Å². The molecular formula is C18H18N4O. The highest BCUT2D eigenvalue weighted by Crippen LogP contribution is 2.32. The molecule has 4 heterocycles. The van der Waals surface area contributed by atoms with Crippen molar-refractivity contribution in [3.63, 3.8) is 0 Å². The number of aryl methyl sites for hydroxylation is 1. The van der Waals surface area contributed by atoms with E-state index in [2.05, 4.69) is 9.97 Å². The number of likely N-dealkylation sites (tertiary alicyclic amines) is 1. The topological polar surface area (TPSA) is 50.5 Å². The van der Waals surface area contributed by atoms with Gasteiger partial charge in [0, 0.05) is 31.3 Å². The molecule has 0 aromatic carbocycles. The number of nitrogens with zero attached hydrogens (tertiary/aromatic N) is 4. The lowest BCUT2D eigenvalue weighted by Gasteiger charge is -2.23. The van der Waals surface area contributed by atoms with E-state index in [9.17, 15) is 4.79 Å². The standard InChI is InChI=1S/C18H18N4O/c1-13-6-7-17-20-15(12-21(17)11-13)18(23)22-9-3-5-16(22)14-4-2-8-19-10-14/h2,4,6-8,10-12,16H,3,5,9H2,1H3/t16-/m0/s1. The predicted octanol–water partition coefficient (Wildman–Crippen LogP) is 3.02. The van der Waals surface area contributed by atoms with Crippen LogP contribution in [0.15, 0.2) is 49.1 Å². The summed E-state index contributed by atoms with van der Waals surface area (Å²) in [6, 6.07) is 8.00. The zero-order valence-electron chi connectivity index (χ0n) is 13.0. The van der Waals surface area contributed by atoms with Crippen LogP contribution in [0.1, 0.15) is 40.5 Å². The Hall–Kier alpha value is -2.69. The molecular weight excluding hydrogens is 288 g/mol. The number of pyridine rings is 2. The predicted molar refractivity (Wildman–Crippen MR) is 87.2 cm³/mol. The van der Waals surface area contributed by atoms with Crippen LogP contribution in [0.3, 0.4) is 0 Å². The zero-order valence-corrected chi connectivity index (χ0v) is 13.0. The highest BCUT2D eigenvalue weighted by atomic mass is 16.2. The zero-order chi connectivity index (χ0) is 15.8. The fourth-order valence-electron chi connectivity index (χ4n) is 3.28. The molecule has 1 aliphatic heterocycles. The summed E-state index contributed by atoms with van der Waals surface area (Å²) < 4.78 is 1.91. The average Bonchev–Trinajstić information content (AvgIpc) is 3.21. The van der Waals surface area contributed by atoms with Gasteiger partial charge in [-0.05, 0) is 43.0 Å². The molecule has 1 atom stereocenters. The van der Waals surface area contributed by atoms with E-state index < -0.39 is 0 Å². The molecule has 0 bridgehead atoms. The van der Waals surface area contributed by atoms with E-state index in [-0.39, 0.29) is 11.9 Å². The van der Waals surface area contributed by atoms with Crippen molar-refractivity contribution in [1.29, 1.82) is 0 Å². The van der Waals surface area contributed by atoms with Gasteiger partial charge in [0.25, 0.3) is 5.91 Å². The Labute approximate surface area is 134 Å². The van der Waals surface area contributed by atoms with Crippen molar-refractivity contribution in [3.8, 4) is 0 Å². The van der Waals surface area contributed by atoms with Crippen molar-refractivity contribution < 1.29 is 4.79 Å². The number of rotatable bonds is 2. The SMILES string of the molecule is Cc1ccc2nc(C(=O)N3CCC[C@H]3c3cccnc3)cn2c1. The Balaban J connectivity index is 1.66. The van der Waals surface area contributed by atoms with E-state index in [1.54, 1.807) is 6.20 Å². The summed E-state index contributed by atoms with van der Waals surface area (Å²) in [5.41, 5.74) is 3.55. The van der Waals surface area contributed by atoms with Crippen LogP contribution in [0.2, 0.25) is 0 Å². The highest BCUT2D eigenvalue weighted by Gasteiger charge is 2.31. The minimum absolute atomic E-state index is 0.00212. The largest absolute Gasteiger partial charge is 0.330 e. The molecule has 5 heteroatoms. The van der Waals surface area contributed by atoms with Crippen LogP contribution in [0, 0.1) is 6.92 Å². The van der Waals surface area contributed by atoms with Gasteiger partial charge in [-0.2, -0.15) is 0 Å². The van der Waals surface area contributed by atoms with Gasteiger partial charge in [0.1, 0.15) is 11.3 Å². The number of carbonyl (C=O) groups is 1. The van der Waals surface area contributed by atoms with Crippen molar-refractivity contribution in [1.82, 2.24) is 19.3 Å². The van der Waals surface area contributed by atoms with Crippen molar-refractivity contribution in [2.75, 3.05) is 6.54 Å². The molecule has 116 valence electrons. The molecule has 23 heavy (non-hydrogen) atoms. The second kappa shape index (κ2) is 5.50. The fraction of sp³-hybridized carbons (Fsp3) is 0.278. The van der Waals surface area contributed by atoms with Crippen molar-refractivity contribution in [2.24, 2.45) is 0 Å². The first-order valence-electron chi connectivity index (χ1n) is 7.88. The van der Waals surface area contributed by atoms with Crippen LogP contribution in [0.5, 0.6) is 0 Å². The number of hydrogen-bond acceptors (Lipinski definition) is 3. The number of amides is 1. The van der Waals surface area contributed by atoms with Crippen molar-refractivity contribution in [2.45, 2.75) is 25.8 Å². The Kier molecular flexibility index (Phi) is 3.33. The minimum atomic E-state index is -0.00212. The summed E-state index contributed by atoms with van der Waals surface area (Å²) in [5, 5.41) is 0. The molecule has 0 saturated carbocycles. The molecule has 0 aliphatic carbocycles. The molecule has 1 fully saturated rings. The third kappa shape index (κ3) is 2.48. The lowest BCUT2D eigenvalue weighted by molar-refractivity contribution is 0.0730. The van der Waals surface area contributed by atoms with Gasteiger partial charge in [0.2, 0.25) is 0 Å². The van der Waals surface area contributed by atoms with Gasteiger partial charge in [-0.1, -0.05) is 12.1 Å². The summed E-state index contributed by atoms with van der Waals surface area (Å²) >= 11 is 0. The molecule has 3 aromatic rings. The molecule has 5 nitrogen and oxygen atoms in total. The summed E-state index contributed by atoms with van der Waals surface area (Å²) in [4.78, 5) is 23.5. The lowest BCUT2D eigenvalue weighted by Crippen LogP contribution is -2.30. The van der Waals surface area contributed by atoms with E-state index in [0.29, 0.717) is 5.69 Å². The maximum absolute atomic E-state index is 12.9. The number of carbonyl (C=O) groups excluding carboxylic acids is 1. The second-order valence-corrected chi connectivity index (χ2v) is 6.04. The number of aromatic nitrogens is 3. The summed E-state index contributed by atoms with van der Waals surface area (Å²) in [6.07, 6.45) is 9.41. The quantitative estimate of drug-likeness (QED) is 0.731. The minimum Gasteiger partial charge on any atom is -0.330 e. The summed E-state index contributed by atoms with van der Waals surface area (Å²) in [5.74, 6) is -0.00212. The molecule has 0 unspecified atom stereocenters. The first kappa shape index (κ1) is 13.9. The van der Waals surface area contributed by atoms with E-state index in [4.69, 9.17) is 0 Å². The molecule has 1 aliphatic rings. The molecule has 1 saturated heterocycles. The Morgan fingerprint density at radius 2 is 2.17 bits per heavy atom. The normalized spacial score (nSPS) is 17.8.